The molecule has 82 valence electrons. The van der Waals surface area contributed by atoms with Crippen LogP contribution in [0.15, 0.2) is 11.5 Å². The van der Waals surface area contributed by atoms with E-state index in [1.165, 1.54) is 6.92 Å². The zero-order valence-corrected chi connectivity index (χ0v) is 10.6. The van der Waals surface area contributed by atoms with Crippen molar-refractivity contribution in [3.05, 3.63) is 11.5 Å². The van der Waals surface area contributed by atoms with Crippen LogP contribution in [0.2, 0.25) is 19.6 Å². The summed E-state index contributed by atoms with van der Waals surface area (Å²) in [6.45, 7) is 11.0. The van der Waals surface area contributed by atoms with E-state index in [1.54, 1.807) is 0 Å². The van der Waals surface area contributed by atoms with Crippen LogP contribution in [0.5, 0.6) is 0 Å². The third-order valence-electron chi connectivity index (χ3n) is 1.04. The van der Waals surface area contributed by atoms with Gasteiger partial charge in [0.2, 0.25) is 8.32 Å². The van der Waals surface area contributed by atoms with Gasteiger partial charge in [0.15, 0.2) is 0 Å². The van der Waals surface area contributed by atoms with Crippen molar-refractivity contribution in [3.63, 3.8) is 0 Å². The molecule has 0 aliphatic heterocycles. The molecule has 0 aliphatic rings. The fourth-order valence-electron chi connectivity index (χ4n) is 0.577. The number of hydrogen-bond donors (Lipinski definition) is 0. The maximum Gasteiger partial charge on any atom is 0.352 e. The van der Waals surface area contributed by atoms with Gasteiger partial charge >= 0.3 is 11.9 Å². The van der Waals surface area contributed by atoms with Crippen molar-refractivity contribution in [2.75, 3.05) is 0 Å². The standard InChI is InChI=1S/C9H18O4Si/c1-7(2)9(12-11-8(3)10)13-14(4,5)6/h1-6H3. The third-order valence-corrected chi connectivity index (χ3v) is 1.84. The van der Waals surface area contributed by atoms with Crippen LogP contribution >= 0.6 is 0 Å². The summed E-state index contributed by atoms with van der Waals surface area (Å²) in [4.78, 5) is 19.7. The van der Waals surface area contributed by atoms with Crippen molar-refractivity contribution < 1.29 is 19.0 Å². The molecule has 0 atom stereocenters. The number of hydrogen-bond acceptors (Lipinski definition) is 4. The quantitative estimate of drug-likeness (QED) is 0.315. The van der Waals surface area contributed by atoms with E-state index < -0.39 is 14.3 Å². The van der Waals surface area contributed by atoms with Gasteiger partial charge in [-0.15, -0.1) is 0 Å². The highest BCUT2D eigenvalue weighted by Crippen LogP contribution is 2.15. The Morgan fingerprint density at radius 2 is 1.50 bits per heavy atom. The van der Waals surface area contributed by atoms with Gasteiger partial charge in [-0.05, 0) is 33.5 Å². The van der Waals surface area contributed by atoms with Crippen LogP contribution in [0.1, 0.15) is 20.8 Å². The molecule has 14 heavy (non-hydrogen) atoms. The molecule has 0 saturated heterocycles. The Morgan fingerprint density at radius 3 is 1.79 bits per heavy atom. The Balaban J connectivity index is 4.35. The summed E-state index contributed by atoms with van der Waals surface area (Å²) in [7, 11) is -1.73. The molecule has 0 fully saturated rings. The van der Waals surface area contributed by atoms with Crippen molar-refractivity contribution in [3.8, 4) is 0 Å². The zero-order valence-electron chi connectivity index (χ0n) is 9.63. The molecule has 5 heteroatoms. The summed E-state index contributed by atoms with van der Waals surface area (Å²) < 4.78 is 5.57. The van der Waals surface area contributed by atoms with Gasteiger partial charge in [0.1, 0.15) is 0 Å². The predicted octanol–water partition coefficient (Wildman–Crippen LogP) is 2.58. The zero-order chi connectivity index (χ0) is 11.4. The summed E-state index contributed by atoms with van der Waals surface area (Å²) in [5.74, 6) is -0.206. The summed E-state index contributed by atoms with van der Waals surface area (Å²) in [6.07, 6.45) is 0. The van der Waals surface area contributed by atoms with E-state index in [1.807, 2.05) is 33.5 Å². The average molecular weight is 218 g/mol. The molecule has 0 radical (unpaired) electrons. The molecule has 0 N–H and O–H groups in total. The predicted molar refractivity (Wildman–Crippen MR) is 55.7 cm³/mol. The van der Waals surface area contributed by atoms with E-state index in [9.17, 15) is 4.79 Å². The van der Waals surface area contributed by atoms with Gasteiger partial charge in [0.05, 0.1) is 0 Å². The van der Waals surface area contributed by atoms with Crippen LogP contribution in [-0.2, 0) is 19.0 Å². The highest BCUT2D eigenvalue weighted by atomic mass is 28.4. The van der Waals surface area contributed by atoms with Crippen molar-refractivity contribution in [1.29, 1.82) is 0 Å². The van der Waals surface area contributed by atoms with Crippen LogP contribution in [0.3, 0.4) is 0 Å². The summed E-state index contributed by atoms with van der Waals surface area (Å²) >= 11 is 0. The second-order valence-corrected chi connectivity index (χ2v) is 8.59. The fraction of sp³-hybridized carbons (Fsp3) is 0.667. The van der Waals surface area contributed by atoms with Gasteiger partial charge in [-0.3, -0.25) is 0 Å². The monoisotopic (exact) mass is 218 g/mol. The van der Waals surface area contributed by atoms with Gasteiger partial charge in [-0.2, -0.15) is 0 Å². The average Bonchev–Trinajstić information content (AvgIpc) is 1.94. The van der Waals surface area contributed by atoms with E-state index >= 15 is 0 Å². The molecule has 0 aromatic carbocycles. The third kappa shape index (κ3) is 6.53. The van der Waals surface area contributed by atoms with Gasteiger partial charge in [0.25, 0.3) is 0 Å². The number of rotatable bonds is 4. The first kappa shape index (κ1) is 13.0. The normalized spacial score (nSPS) is 10.4. The number of carbonyl (C=O) groups is 1. The Hall–Kier alpha value is -0.973. The lowest BCUT2D eigenvalue weighted by atomic mass is 10.4. The van der Waals surface area contributed by atoms with Crippen molar-refractivity contribution >= 4 is 14.3 Å². The maximum atomic E-state index is 10.5. The van der Waals surface area contributed by atoms with Crippen LogP contribution in [0.4, 0.5) is 0 Å². The lowest BCUT2D eigenvalue weighted by Gasteiger charge is -2.20. The number of carbonyl (C=O) groups excluding carboxylic acids is 1. The summed E-state index contributed by atoms with van der Waals surface area (Å²) in [6, 6.07) is 0. The van der Waals surface area contributed by atoms with Gasteiger partial charge in [-0.25, -0.2) is 14.6 Å². The van der Waals surface area contributed by atoms with Gasteiger partial charge in [-0.1, -0.05) is 0 Å². The molecule has 0 aromatic rings. The topological polar surface area (TPSA) is 44.8 Å². The van der Waals surface area contributed by atoms with Gasteiger partial charge in [0, 0.05) is 12.5 Å². The van der Waals surface area contributed by atoms with E-state index in [2.05, 4.69) is 4.89 Å². The second kappa shape index (κ2) is 5.04. The van der Waals surface area contributed by atoms with E-state index in [4.69, 9.17) is 9.31 Å². The maximum absolute atomic E-state index is 10.5. The molecule has 0 aliphatic carbocycles. The molecular weight excluding hydrogens is 200 g/mol. The summed E-state index contributed by atoms with van der Waals surface area (Å²) in [5, 5.41) is 0. The van der Waals surface area contributed by atoms with Crippen LogP contribution in [-0.4, -0.2) is 14.3 Å². The smallest absolute Gasteiger partial charge is 0.352 e. The largest absolute Gasteiger partial charge is 0.517 e. The second-order valence-electron chi connectivity index (χ2n) is 4.16. The molecule has 0 unspecified atom stereocenters. The Bertz CT molecular complexity index is 236. The van der Waals surface area contributed by atoms with Crippen molar-refractivity contribution in [2.24, 2.45) is 0 Å². The first-order valence-electron chi connectivity index (χ1n) is 4.44. The first-order valence-corrected chi connectivity index (χ1v) is 7.85. The Labute approximate surface area is 85.9 Å². The molecule has 0 rings (SSSR count). The minimum Gasteiger partial charge on any atom is -0.517 e. The molecule has 0 saturated carbocycles. The van der Waals surface area contributed by atoms with Crippen molar-refractivity contribution in [1.82, 2.24) is 0 Å². The Morgan fingerprint density at radius 1 is 1.00 bits per heavy atom. The van der Waals surface area contributed by atoms with E-state index in [-0.39, 0.29) is 0 Å². The molecule has 0 amide bonds. The van der Waals surface area contributed by atoms with E-state index in [0.29, 0.717) is 5.95 Å². The SMILES string of the molecule is CC(=O)OOC(O[Si](C)(C)C)=C(C)C. The lowest BCUT2D eigenvalue weighted by Crippen LogP contribution is -2.26. The molecule has 0 heterocycles. The van der Waals surface area contributed by atoms with Crippen molar-refractivity contribution in [2.45, 2.75) is 40.4 Å². The number of allylic oxidation sites excluding steroid dienone is 1. The molecule has 0 bridgehead atoms. The summed E-state index contributed by atoms with van der Waals surface area (Å²) in [5.41, 5.74) is 0.841. The molecule has 4 nitrogen and oxygen atoms in total. The minimum absolute atomic E-state index is 0.291. The highest BCUT2D eigenvalue weighted by molar-refractivity contribution is 6.70. The van der Waals surface area contributed by atoms with E-state index in [0.717, 1.165) is 5.57 Å². The molecule has 0 aromatic heterocycles. The van der Waals surface area contributed by atoms with Crippen LogP contribution in [0, 0.1) is 0 Å². The minimum atomic E-state index is -1.73. The highest BCUT2D eigenvalue weighted by Gasteiger charge is 2.20. The Kier molecular flexibility index (Phi) is 4.69. The van der Waals surface area contributed by atoms with Crippen LogP contribution < -0.4 is 0 Å². The van der Waals surface area contributed by atoms with Gasteiger partial charge < -0.3 is 4.43 Å². The van der Waals surface area contributed by atoms with Crippen LogP contribution in [0.25, 0.3) is 0 Å². The first-order chi connectivity index (χ1) is 6.22. The fourth-order valence-corrected chi connectivity index (χ4v) is 1.37. The lowest BCUT2D eigenvalue weighted by molar-refractivity contribution is -0.263. The molecule has 0 spiro atoms. The molecular formula is C9H18O4Si.